The second-order valence-corrected chi connectivity index (χ2v) is 5.27. The quantitative estimate of drug-likeness (QED) is 0.807. The van der Waals surface area contributed by atoms with E-state index in [2.05, 4.69) is 9.88 Å². The molecule has 0 radical (unpaired) electrons. The Hall–Kier alpha value is -1.20. The third-order valence-electron chi connectivity index (χ3n) is 3.59. The predicted molar refractivity (Wildman–Crippen MR) is 76.7 cm³/mol. The van der Waals surface area contributed by atoms with E-state index in [9.17, 15) is 5.11 Å². The molecule has 0 aromatic carbocycles. The predicted octanol–water partition coefficient (Wildman–Crippen LogP) is 1.31. The smallest absolute Gasteiger partial charge is 0.122 e. The molecule has 1 fully saturated rings. The number of aliphatic hydroxyl groups excluding tert-OH is 1. The summed E-state index contributed by atoms with van der Waals surface area (Å²) in [7, 11) is 0. The molecule has 0 saturated carbocycles. The van der Waals surface area contributed by atoms with E-state index in [4.69, 9.17) is 18.0 Å². The van der Waals surface area contributed by atoms with Crippen LogP contribution in [0.4, 0.5) is 5.69 Å². The first kappa shape index (κ1) is 13.2. The molecular weight excluding hydrogens is 246 g/mol. The van der Waals surface area contributed by atoms with Gasteiger partial charge in [0.1, 0.15) is 4.99 Å². The number of aliphatic hydroxyl groups is 1. The van der Waals surface area contributed by atoms with Crippen LogP contribution in [0, 0.1) is 5.92 Å². The van der Waals surface area contributed by atoms with Crippen molar-refractivity contribution in [1.29, 1.82) is 0 Å². The highest BCUT2D eigenvalue weighted by Crippen LogP contribution is 2.24. The van der Waals surface area contributed by atoms with Gasteiger partial charge in [-0.1, -0.05) is 12.2 Å². The van der Waals surface area contributed by atoms with Gasteiger partial charge in [-0.25, -0.2) is 0 Å². The molecule has 4 nitrogen and oxygen atoms in total. The Morgan fingerprint density at radius 2 is 2.17 bits per heavy atom. The molecule has 1 atom stereocenters. The van der Waals surface area contributed by atoms with E-state index >= 15 is 0 Å². The zero-order valence-corrected chi connectivity index (χ0v) is 11.4. The van der Waals surface area contributed by atoms with Gasteiger partial charge in [-0.15, -0.1) is 0 Å². The van der Waals surface area contributed by atoms with Crippen LogP contribution >= 0.6 is 12.2 Å². The van der Waals surface area contributed by atoms with Crippen molar-refractivity contribution in [3.63, 3.8) is 0 Å². The summed E-state index contributed by atoms with van der Waals surface area (Å²) < 4.78 is 0. The van der Waals surface area contributed by atoms with Crippen LogP contribution in [0.3, 0.4) is 0 Å². The summed E-state index contributed by atoms with van der Waals surface area (Å²) in [6.45, 7) is 3.80. The number of nitrogens with two attached hydrogens (primary N) is 1. The first-order valence-electron chi connectivity index (χ1n) is 6.27. The number of nitrogens with zero attached hydrogens (tertiary/aromatic N) is 2. The first-order chi connectivity index (χ1) is 8.58. The lowest BCUT2D eigenvalue weighted by molar-refractivity contribution is 0.110. The molecule has 1 aliphatic heterocycles. The molecule has 0 aliphatic carbocycles. The Balaban J connectivity index is 1.99. The van der Waals surface area contributed by atoms with Crippen molar-refractivity contribution < 1.29 is 5.11 Å². The van der Waals surface area contributed by atoms with Crippen LogP contribution in [0.5, 0.6) is 0 Å². The van der Waals surface area contributed by atoms with Gasteiger partial charge < -0.3 is 15.7 Å². The Morgan fingerprint density at radius 1 is 1.50 bits per heavy atom. The SMILES string of the molecule is CC(O)C1CCN(c2ccc(C(N)=S)nc2)CC1. The van der Waals surface area contributed by atoms with Gasteiger partial charge in [-0.2, -0.15) is 0 Å². The molecule has 1 aliphatic rings. The van der Waals surface area contributed by atoms with Gasteiger partial charge in [-0.05, 0) is 37.8 Å². The molecule has 1 unspecified atom stereocenters. The third kappa shape index (κ3) is 2.97. The number of pyridine rings is 1. The van der Waals surface area contributed by atoms with E-state index in [0.29, 0.717) is 16.6 Å². The minimum atomic E-state index is -0.206. The van der Waals surface area contributed by atoms with Crippen LogP contribution in [-0.2, 0) is 0 Å². The molecule has 0 spiro atoms. The summed E-state index contributed by atoms with van der Waals surface area (Å²) in [5.74, 6) is 0.421. The summed E-state index contributed by atoms with van der Waals surface area (Å²) in [4.78, 5) is 6.87. The lowest BCUT2D eigenvalue weighted by atomic mass is 9.92. The number of anilines is 1. The number of rotatable bonds is 3. The normalized spacial score (nSPS) is 18.7. The van der Waals surface area contributed by atoms with Gasteiger partial charge in [0, 0.05) is 13.1 Å². The maximum atomic E-state index is 9.57. The van der Waals surface area contributed by atoms with Gasteiger partial charge in [0.2, 0.25) is 0 Å². The molecule has 2 rings (SSSR count). The number of hydrogen-bond acceptors (Lipinski definition) is 4. The molecule has 1 aromatic heterocycles. The van der Waals surface area contributed by atoms with Crippen LogP contribution in [0.25, 0.3) is 0 Å². The van der Waals surface area contributed by atoms with E-state index in [-0.39, 0.29) is 6.10 Å². The molecule has 5 heteroatoms. The molecule has 3 N–H and O–H groups in total. The number of thiocarbonyl (C=S) groups is 1. The van der Waals surface area contributed by atoms with Gasteiger partial charge in [0.25, 0.3) is 0 Å². The van der Waals surface area contributed by atoms with Crippen LogP contribution in [0.15, 0.2) is 18.3 Å². The largest absolute Gasteiger partial charge is 0.393 e. The summed E-state index contributed by atoms with van der Waals surface area (Å²) in [5.41, 5.74) is 7.28. The number of piperidine rings is 1. The van der Waals surface area contributed by atoms with E-state index in [1.807, 2.05) is 25.3 Å². The van der Waals surface area contributed by atoms with Gasteiger partial charge in [0.05, 0.1) is 23.7 Å². The average Bonchev–Trinajstić information content (AvgIpc) is 2.39. The fraction of sp³-hybridized carbons (Fsp3) is 0.538. The third-order valence-corrected chi connectivity index (χ3v) is 3.80. The van der Waals surface area contributed by atoms with Gasteiger partial charge >= 0.3 is 0 Å². The number of aromatic nitrogens is 1. The Kier molecular flexibility index (Phi) is 4.14. The Labute approximate surface area is 113 Å². The highest BCUT2D eigenvalue weighted by Gasteiger charge is 2.22. The maximum absolute atomic E-state index is 9.57. The zero-order valence-electron chi connectivity index (χ0n) is 10.5. The van der Waals surface area contributed by atoms with Crippen LogP contribution < -0.4 is 10.6 Å². The average molecular weight is 265 g/mol. The highest BCUT2D eigenvalue weighted by atomic mass is 32.1. The van der Waals surface area contributed by atoms with Crippen molar-refractivity contribution in [3.05, 3.63) is 24.0 Å². The van der Waals surface area contributed by atoms with E-state index < -0.39 is 0 Å². The minimum Gasteiger partial charge on any atom is -0.393 e. The molecule has 0 bridgehead atoms. The fourth-order valence-electron chi connectivity index (χ4n) is 2.36. The zero-order chi connectivity index (χ0) is 13.1. The van der Waals surface area contributed by atoms with Gasteiger partial charge in [0.15, 0.2) is 0 Å². The second kappa shape index (κ2) is 5.63. The lowest BCUT2D eigenvalue weighted by Gasteiger charge is -2.34. The van der Waals surface area contributed by atoms with Crippen molar-refractivity contribution in [2.24, 2.45) is 11.7 Å². The molecule has 0 amide bonds. The standard InChI is InChI=1S/C13H19N3OS/c1-9(17)10-4-6-16(7-5-10)11-2-3-12(13(14)18)15-8-11/h2-3,8-10,17H,4-7H2,1H3,(H2,14,18). The molecule has 1 aromatic rings. The summed E-state index contributed by atoms with van der Waals surface area (Å²) in [6.07, 6.45) is 3.66. The Bertz CT molecular complexity index is 411. The minimum absolute atomic E-state index is 0.206. The van der Waals surface area contributed by atoms with Crippen molar-refractivity contribution in [2.45, 2.75) is 25.9 Å². The maximum Gasteiger partial charge on any atom is 0.122 e. The van der Waals surface area contributed by atoms with Crippen LogP contribution in [0.1, 0.15) is 25.5 Å². The van der Waals surface area contributed by atoms with Crippen molar-refractivity contribution in [1.82, 2.24) is 4.98 Å². The van der Waals surface area contributed by atoms with Crippen molar-refractivity contribution in [3.8, 4) is 0 Å². The molecule has 18 heavy (non-hydrogen) atoms. The Morgan fingerprint density at radius 3 is 2.61 bits per heavy atom. The van der Waals surface area contributed by atoms with Crippen molar-refractivity contribution in [2.75, 3.05) is 18.0 Å². The van der Waals surface area contributed by atoms with Crippen molar-refractivity contribution >= 4 is 22.9 Å². The lowest BCUT2D eigenvalue weighted by Crippen LogP contribution is -2.37. The van der Waals surface area contributed by atoms with E-state index in [1.54, 1.807) is 0 Å². The second-order valence-electron chi connectivity index (χ2n) is 4.83. The molecule has 1 saturated heterocycles. The molecular formula is C13H19N3OS. The topological polar surface area (TPSA) is 62.4 Å². The van der Waals surface area contributed by atoms with E-state index in [0.717, 1.165) is 31.6 Å². The summed E-state index contributed by atoms with van der Waals surface area (Å²) in [6, 6.07) is 3.86. The summed E-state index contributed by atoms with van der Waals surface area (Å²) in [5, 5.41) is 9.57. The highest BCUT2D eigenvalue weighted by molar-refractivity contribution is 7.80. The first-order valence-corrected chi connectivity index (χ1v) is 6.67. The number of hydrogen-bond donors (Lipinski definition) is 2. The fourth-order valence-corrected chi connectivity index (χ4v) is 2.48. The molecule has 2 heterocycles. The van der Waals surface area contributed by atoms with Gasteiger partial charge in [-0.3, -0.25) is 4.98 Å². The van der Waals surface area contributed by atoms with Crippen LogP contribution in [0.2, 0.25) is 0 Å². The summed E-state index contributed by atoms with van der Waals surface area (Å²) >= 11 is 4.88. The van der Waals surface area contributed by atoms with Crippen LogP contribution in [-0.4, -0.2) is 34.3 Å². The van der Waals surface area contributed by atoms with E-state index in [1.165, 1.54) is 0 Å². The monoisotopic (exact) mass is 265 g/mol. The molecule has 98 valence electrons.